The summed E-state index contributed by atoms with van der Waals surface area (Å²) < 4.78 is 32.2. The Balaban J connectivity index is 2.97. The quantitative estimate of drug-likeness (QED) is 0.763. The van der Waals surface area contributed by atoms with E-state index in [0.717, 1.165) is 0 Å². The molecule has 114 valence electrons. The predicted octanol–water partition coefficient (Wildman–Crippen LogP) is 0.416. The van der Waals surface area contributed by atoms with Gasteiger partial charge in [-0.05, 0) is 38.7 Å². The highest BCUT2D eigenvalue weighted by atomic mass is 32.2. The van der Waals surface area contributed by atoms with E-state index in [1.165, 1.54) is 19.2 Å². The van der Waals surface area contributed by atoms with Gasteiger partial charge in [-0.25, -0.2) is 13.1 Å². The summed E-state index contributed by atoms with van der Waals surface area (Å²) in [4.78, 5) is 2.00. The van der Waals surface area contributed by atoms with Gasteiger partial charge < -0.3 is 14.7 Å². The molecule has 0 aliphatic rings. The zero-order chi connectivity index (χ0) is 15.3. The van der Waals surface area contributed by atoms with Crippen LogP contribution in [0, 0.1) is 0 Å². The molecule has 0 aliphatic carbocycles. The van der Waals surface area contributed by atoms with Crippen molar-refractivity contribution in [1.82, 2.24) is 9.62 Å². The van der Waals surface area contributed by atoms with Crippen molar-refractivity contribution in [2.45, 2.75) is 24.5 Å². The van der Waals surface area contributed by atoms with Crippen molar-refractivity contribution in [3.63, 3.8) is 0 Å². The summed E-state index contributed by atoms with van der Waals surface area (Å²) in [6.07, 6.45) is 0. The van der Waals surface area contributed by atoms with Crippen LogP contribution < -0.4 is 9.46 Å². The molecule has 0 saturated carbocycles. The van der Waals surface area contributed by atoms with Gasteiger partial charge in [0.2, 0.25) is 10.0 Å². The van der Waals surface area contributed by atoms with Crippen LogP contribution in [0.4, 0.5) is 0 Å². The Morgan fingerprint density at radius 2 is 2.05 bits per heavy atom. The summed E-state index contributed by atoms with van der Waals surface area (Å²) in [6.45, 7) is 2.07. The number of methoxy groups -OCH3 is 1. The molecule has 1 unspecified atom stereocenters. The molecule has 20 heavy (non-hydrogen) atoms. The van der Waals surface area contributed by atoms with Gasteiger partial charge in [-0.3, -0.25) is 0 Å². The Morgan fingerprint density at radius 1 is 1.40 bits per heavy atom. The first kappa shape index (κ1) is 16.9. The summed E-state index contributed by atoms with van der Waals surface area (Å²) in [5.74, 6) is 0.224. The fourth-order valence-corrected chi connectivity index (χ4v) is 2.79. The standard InChI is InChI=1S/C13H22N2O4S/c1-10(15(2)3)8-14-20(17,18)13-6-5-11(9-16)7-12(13)19-4/h5-7,10,14,16H,8-9H2,1-4H3. The number of likely N-dealkylation sites (N-methyl/N-ethyl adjacent to an activating group) is 1. The number of rotatable bonds is 7. The van der Waals surface area contributed by atoms with Gasteiger partial charge in [0.1, 0.15) is 10.6 Å². The second-order valence-corrected chi connectivity index (χ2v) is 6.54. The zero-order valence-corrected chi connectivity index (χ0v) is 13.1. The van der Waals surface area contributed by atoms with Gasteiger partial charge in [0.15, 0.2) is 0 Å². The molecule has 0 saturated heterocycles. The molecular weight excluding hydrogens is 280 g/mol. The highest BCUT2D eigenvalue weighted by Gasteiger charge is 2.20. The van der Waals surface area contributed by atoms with Gasteiger partial charge in [-0.1, -0.05) is 6.07 Å². The second kappa shape index (κ2) is 7.03. The fourth-order valence-electron chi connectivity index (χ4n) is 1.52. The van der Waals surface area contributed by atoms with E-state index in [2.05, 4.69) is 4.72 Å². The normalized spacial score (nSPS) is 13.5. The topological polar surface area (TPSA) is 78.9 Å². The van der Waals surface area contributed by atoms with Crippen molar-refractivity contribution in [2.75, 3.05) is 27.7 Å². The Labute approximate surface area is 120 Å². The van der Waals surface area contributed by atoms with Crippen LogP contribution in [0.25, 0.3) is 0 Å². The van der Waals surface area contributed by atoms with E-state index >= 15 is 0 Å². The predicted molar refractivity (Wildman–Crippen MR) is 77.3 cm³/mol. The summed E-state index contributed by atoms with van der Waals surface area (Å²) in [5, 5.41) is 9.06. The molecule has 0 spiro atoms. The van der Waals surface area contributed by atoms with E-state index in [0.29, 0.717) is 12.1 Å². The average molecular weight is 302 g/mol. The minimum atomic E-state index is -3.64. The van der Waals surface area contributed by atoms with E-state index in [-0.39, 0.29) is 23.3 Å². The van der Waals surface area contributed by atoms with Crippen LogP contribution in [0.15, 0.2) is 23.1 Å². The number of aliphatic hydroxyl groups excluding tert-OH is 1. The van der Waals surface area contributed by atoms with Crippen LogP contribution in [0.5, 0.6) is 5.75 Å². The SMILES string of the molecule is COc1cc(CO)ccc1S(=O)(=O)NCC(C)N(C)C. The van der Waals surface area contributed by atoms with Crippen LogP contribution in [0.2, 0.25) is 0 Å². The molecule has 1 aromatic carbocycles. The maximum Gasteiger partial charge on any atom is 0.244 e. The number of nitrogens with one attached hydrogen (secondary N) is 1. The minimum Gasteiger partial charge on any atom is -0.495 e. The van der Waals surface area contributed by atoms with Crippen LogP contribution >= 0.6 is 0 Å². The highest BCUT2D eigenvalue weighted by molar-refractivity contribution is 7.89. The van der Waals surface area contributed by atoms with Crippen molar-refractivity contribution in [2.24, 2.45) is 0 Å². The van der Waals surface area contributed by atoms with Crippen molar-refractivity contribution in [1.29, 1.82) is 0 Å². The van der Waals surface area contributed by atoms with Crippen molar-refractivity contribution < 1.29 is 18.3 Å². The van der Waals surface area contributed by atoms with Gasteiger partial charge in [-0.2, -0.15) is 0 Å². The van der Waals surface area contributed by atoms with Gasteiger partial charge in [0.25, 0.3) is 0 Å². The number of sulfonamides is 1. The maximum absolute atomic E-state index is 12.3. The van der Waals surface area contributed by atoms with Crippen molar-refractivity contribution in [3.05, 3.63) is 23.8 Å². The van der Waals surface area contributed by atoms with Gasteiger partial charge >= 0.3 is 0 Å². The molecule has 6 nitrogen and oxygen atoms in total. The first-order chi connectivity index (χ1) is 9.31. The molecule has 2 N–H and O–H groups in total. The minimum absolute atomic E-state index is 0.0724. The Hall–Kier alpha value is -1.15. The van der Waals surface area contributed by atoms with Crippen LogP contribution in [-0.2, 0) is 16.6 Å². The van der Waals surface area contributed by atoms with Crippen LogP contribution in [0.1, 0.15) is 12.5 Å². The molecule has 0 aliphatic heterocycles. The van der Waals surface area contributed by atoms with Crippen LogP contribution in [-0.4, -0.2) is 52.2 Å². The number of aliphatic hydroxyl groups is 1. The molecule has 1 aromatic rings. The molecular formula is C13H22N2O4S. The monoisotopic (exact) mass is 302 g/mol. The summed E-state index contributed by atoms with van der Waals surface area (Å²) >= 11 is 0. The van der Waals surface area contributed by atoms with Gasteiger partial charge in [0.05, 0.1) is 13.7 Å². The molecule has 0 radical (unpaired) electrons. The van der Waals surface area contributed by atoms with E-state index in [1.54, 1.807) is 6.07 Å². The lowest BCUT2D eigenvalue weighted by atomic mass is 10.2. The summed E-state index contributed by atoms with van der Waals surface area (Å²) in [7, 11) is 1.53. The lowest BCUT2D eigenvalue weighted by molar-refractivity contribution is 0.280. The third-order valence-corrected chi connectivity index (χ3v) is 4.61. The molecule has 1 atom stereocenters. The molecule has 0 bridgehead atoms. The highest BCUT2D eigenvalue weighted by Crippen LogP contribution is 2.24. The van der Waals surface area contributed by atoms with Crippen molar-refractivity contribution in [3.8, 4) is 5.75 Å². The molecule has 0 heterocycles. The van der Waals surface area contributed by atoms with Gasteiger partial charge in [0, 0.05) is 12.6 Å². The fraction of sp³-hybridized carbons (Fsp3) is 0.538. The van der Waals surface area contributed by atoms with Crippen LogP contribution in [0.3, 0.4) is 0 Å². The maximum atomic E-state index is 12.3. The lowest BCUT2D eigenvalue weighted by Crippen LogP contribution is -2.38. The van der Waals surface area contributed by atoms with Gasteiger partial charge in [-0.15, -0.1) is 0 Å². The summed E-state index contributed by atoms with van der Waals surface area (Å²) in [6, 6.07) is 4.59. The van der Waals surface area contributed by atoms with E-state index < -0.39 is 10.0 Å². The second-order valence-electron chi connectivity index (χ2n) is 4.81. The third kappa shape index (κ3) is 4.17. The first-order valence-corrected chi connectivity index (χ1v) is 7.74. The Morgan fingerprint density at radius 3 is 2.55 bits per heavy atom. The molecule has 1 rings (SSSR count). The number of hydrogen-bond donors (Lipinski definition) is 2. The smallest absolute Gasteiger partial charge is 0.244 e. The molecule has 7 heteroatoms. The lowest BCUT2D eigenvalue weighted by Gasteiger charge is -2.20. The Kier molecular flexibility index (Phi) is 5.94. The summed E-state index contributed by atoms with van der Waals surface area (Å²) in [5.41, 5.74) is 0.599. The van der Waals surface area contributed by atoms with E-state index in [4.69, 9.17) is 9.84 Å². The van der Waals surface area contributed by atoms with E-state index in [9.17, 15) is 8.42 Å². The number of ether oxygens (including phenoxy) is 1. The number of hydrogen-bond acceptors (Lipinski definition) is 5. The molecule has 0 aromatic heterocycles. The molecule has 0 fully saturated rings. The Bertz CT molecular complexity index is 543. The first-order valence-electron chi connectivity index (χ1n) is 6.25. The molecule has 0 amide bonds. The third-order valence-electron chi connectivity index (χ3n) is 3.15. The zero-order valence-electron chi connectivity index (χ0n) is 12.3. The van der Waals surface area contributed by atoms with Crippen molar-refractivity contribution >= 4 is 10.0 Å². The number of nitrogens with zero attached hydrogens (tertiary/aromatic N) is 1. The van der Waals surface area contributed by atoms with E-state index in [1.807, 2.05) is 25.9 Å². The largest absolute Gasteiger partial charge is 0.495 e. The average Bonchev–Trinajstić information content (AvgIpc) is 2.43. The number of benzene rings is 1.